The average Bonchev–Trinajstić information content (AvgIpc) is 3.83. The highest BCUT2D eigenvalue weighted by atomic mass is 16.3. The van der Waals surface area contributed by atoms with Gasteiger partial charge in [-0.3, -0.25) is 0 Å². The number of benzene rings is 8. The summed E-state index contributed by atoms with van der Waals surface area (Å²) in [7, 11) is 0. The Morgan fingerprint density at radius 2 is 0.893 bits per heavy atom. The molecule has 0 saturated heterocycles. The molecule has 0 aliphatic heterocycles. The summed E-state index contributed by atoms with van der Waals surface area (Å²) in [4.78, 5) is 15.4. The van der Waals surface area contributed by atoms with Crippen LogP contribution in [0.5, 0.6) is 0 Å². The predicted molar refractivity (Wildman–Crippen MR) is 229 cm³/mol. The monoisotopic (exact) mass is 716 g/mol. The summed E-state index contributed by atoms with van der Waals surface area (Å²) in [5.41, 5.74) is 12.2. The summed E-state index contributed by atoms with van der Waals surface area (Å²) in [6.07, 6.45) is 0. The van der Waals surface area contributed by atoms with Crippen LogP contribution in [0.25, 0.3) is 106 Å². The van der Waals surface area contributed by atoms with Gasteiger partial charge in [-0.25, -0.2) is 15.0 Å². The molecule has 5 heteroatoms. The van der Waals surface area contributed by atoms with Gasteiger partial charge >= 0.3 is 0 Å². The van der Waals surface area contributed by atoms with Crippen molar-refractivity contribution in [1.29, 1.82) is 0 Å². The fourth-order valence-electron chi connectivity index (χ4n) is 8.05. The second-order valence-electron chi connectivity index (χ2n) is 14.0. The minimum Gasteiger partial charge on any atom is -0.456 e. The third kappa shape index (κ3) is 5.29. The molecule has 0 bridgehead atoms. The van der Waals surface area contributed by atoms with Gasteiger partial charge in [-0.2, -0.15) is 0 Å². The normalized spacial score (nSPS) is 11.6. The van der Waals surface area contributed by atoms with Gasteiger partial charge in [-0.1, -0.05) is 158 Å². The van der Waals surface area contributed by atoms with Crippen molar-refractivity contribution in [1.82, 2.24) is 19.5 Å². The third-order valence-corrected chi connectivity index (χ3v) is 10.7. The van der Waals surface area contributed by atoms with Gasteiger partial charge in [0.05, 0.1) is 16.4 Å². The van der Waals surface area contributed by atoms with E-state index in [9.17, 15) is 0 Å². The molecule has 0 aliphatic rings. The van der Waals surface area contributed by atoms with Crippen molar-refractivity contribution >= 4 is 43.7 Å². The quantitative estimate of drug-likeness (QED) is 0.172. The van der Waals surface area contributed by atoms with Crippen LogP contribution in [0.3, 0.4) is 0 Å². The van der Waals surface area contributed by atoms with Gasteiger partial charge in [0.25, 0.3) is 0 Å². The van der Waals surface area contributed by atoms with E-state index in [1.165, 1.54) is 10.9 Å². The van der Waals surface area contributed by atoms with Crippen molar-refractivity contribution < 1.29 is 4.42 Å². The molecule has 5 nitrogen and oxygen atoms in total. The molecule has 0 spiro atoms. The highest BCUT2D eigenvalue weighted by Gasteiger charge is 2.23. The van der Waals surface area contributed by atoms with E-state index >= 15 is 0 Å². The number of rotatable bonds is 6. The second kappa shape index (κ2) is 13.0. The predicted octanol–water partition coefficient (Wildman–Crippen LogP) is 13.2. The lowest BCUT2D eigenvalue weighted by molar-refractivity contribution is 0.669. The first kappa shape index (κ1) is 31.9. The molecule has 11 aromatic rings. The SMILES string of the molecule is c1ccc(-c2ccc(-c3nc(-c4ccccc4)nc(-c4cccc5oc6ccc7c8ccccc8n(-c8cccc(-c9ccccc9)c8)c7c6c45)n3)cc2)cc1. The lowest BCUT2D eigenvalue weighted by atomic mass is 10.0. The molecule has 0 aliphatic carbocycles. The van der Waals surface area contributed by atoms with Crippen molar-refractivity contribution in [2.45, 2.75) is 0 Å². The van der Waals surface area contributed by atoms with Gasteiger partial charge in [0.1, 0.15) is 11.2 Å². The number of nitrogens with zero attached hydrogens (tertiary/aromatic N) is 4. The first-order valence-electron chi connectivity index (χ1n) is 18.8. The van der Waals surface area contributed by atoms with E-state index in [0.29, 0.717) is 17.5 Å². The van der Waals surface area contributed by atoms with E-state index in [-0.39, 0.29) is 0 Å². The Morgan fingerprint density at radius 1 is 0.357 bits per heavy atom. The molecule has 8 aromatic carbocycles. The van der Waals surface area contributed by atoms with Crippen LogP contribution in [0.15, 0.2) is 199 Å². The molecule has 0 N–H and O–H groups in total. The summed E-state index contributed by atoms with van der Waals surface area (Å²) in [6, 6.07) is 67.3. The standard InChI is InChI=1S/C51H32N4O/c1-4-14-33(15-5-1)35-26-28-37(29-27-35)50-52-49(36-18-8-3-9-19-36)53-51(54-50)42-23-13-25-44-46(42)47-45(56-44)31-30-41-40-22-10-11-24-43(40)55(48(41)47)39-21-12-20-38(32-39)34-16-6-2-7-17-34/h1-32H. The molecule has 11 rings (SSSR count). The van der Waals surface area contributed by atoms with Gasteiger partial charge in [-0.05, 0) is 58.7 Å². The number of hydrogen-bond acceptors (Lipinski definition) is 4. The molecule has 3 aromatic heterocycles. The molecular formula is C51H32N4O. The van der Waals surface area contributed by atoms with Crippen molar-refractivity contribution in [3.63, 3.8) is 0 Å². The van der Waals surface area contributed by atoms with E-state index in [1.807, 2.05) is 48.5 Å². The Balaban J connectivity index is 1.17. The molecule has 0 saturated carbocycles. The van der Waals surface area contributed by atoms with Gasteiger partial charge in [0.15, 0.2) is 17.5 Å². The van der Waals surface area contributed by atoms with Crippen LogP contribution < -0.4 is 0 Å². The van der Waals surface area contributed by atoms with Gasteiger partial charge in [-0.15, -0.1) is 0 Å². The maximum Gasteiger partial charge on any atom is 0.164 e. The van der Waals surface area contributed by atoms with Crippen molar-refractivity contribution in [2.24, 2.45) is 0 Å². The molecule has 0 radical (unpaired) electrons. The molecule has 0 unspecified atom stereocenters. The smallest absolute Gasteiger partial charge is 0.164 e. The lowest BCUT2D eigenvalue weighted by Crippen LogP contribution is -2.00. The summed E-state index contributed by atoms with van der Waals surface area (Å²) in [5.74, 6) is 1.80. The second-order valence-corrected chi connectivity index (χ2v) is 14.0. The zero-order valence-corrected chi connectivity index (χ0v) is 30.2. The van der Waals surface area contributed by atoms with Crippen molar-refractivity contribution in [2.75, 3.05) is 0 Å². The Hall–Kier alpha value is -7.63. The fraction of sp³-hybridized carbons (Fsp3) is 0. The Bertz CT molecular complexity index is 3220. The van der Waals surface area contributed by atoms with Gasteiger partial charge in [0.2, 0.25) is 0 Å². The zero-order chi connectivity index (χ0) is 37.0. The average molecular weight is 717 g/mol. The molecule has 3 heterocycles. The number of aromatic nitrogens is 4. The maximum absolute atomic E-state index is 6.70. The first-order valence-corrected chi connectivity index (χ1v) is 18.8. The first-order chi connectivity index (χ1) is 27.8. The largest absolute Gasteiger partial charge is 0.456 e. The zero-order valence-electron chi connectivity index (χ0n) is 30.2. The van der Waals surface area contributed by atoms with Gasteiger partial charge in [0, 0.05) is 38.5 Å². The summed E-state index contributed by atoms with van der Waals surface area (Å²) < 4.78 is 9.09. The molecule has 0 atom stereocenters. The number of fused-ring (bicyclic) bond motifs is 7. The van der Waals surface area contributed by atoms with Crippen LogP contribution in [-0.4, -0.2) is 19.5 Å². The van der Waals surface area contributed by atoms with E-state index in [0.717, 1.165) is 77.4 Å². The Kier molecular flexibility index (Phi) is 7.42. The van der Waals surface area contributed by atoms with E-state index in [2.05, 4.69) is 150 Å². The van der Waals surface area contributed by atoms with Crippen LogP contribution in [0.4, 0.5) is 0 Å². The van der Waals surface area contributed by atoms with E-state index < -0.39 is 0 Å². The van der Waals surface area contributed by atoms with Crippen molar-refractivity contribution in [3.8, 4) is 62.1 Å². The molecule has 262 valence electrons. The van der Waals surface area contributed by atoms with Crippen LogP contribution in [0, 0.1) is 0 Å². The van der Waals surface area contributed by atoms with Crippen molar-refractivity contribution in [3.05, 3.63) is 194 Å². The van der Waals surface area contributed by atoms with Gasteiger partial charge < -0.3 is 8.98 Å². The number of para-hydroxylation sites is 1. The Morgan fingerprint density at radius 3 is 1.62 bits per heavy atom. The fourth-order valence-corrected chi connectivity index (χ4v) is 8.05. The third-order valence-electron chi connectivity index (χ3n) is 10.7. The summed E-state index contributed by atoms with van der Waals surface area (Å²) in [5, 5.41) is 4.31. The molecule has 56 heavy (non-hydrogen) atoms. The topological polar surface area (TPSA) is 56.7 Å². The van der Waals surface area contributed by atoms with E-state index in [4.69, 9.17) is 19.4 Å². The molecule has 0 fully saturated rings. The number of furan rings is 1. The molecular weight excluding hydrogens is 685 g/mol. The van der Waals surface area contributed by atoms with Crippen LogP contribution in [-0.2, 0) is 0 Å². The van der Waals surface area contributed by atoms with Crippen LogP contribution in [0.2, 0.25) is 0 Å². The summed E-state index contributed by atoms with van der Waals surface area (Å²) >= 11 is 0. The molecule has 0 amide bonds. The highest BCUT2D eigenvalue weighted by Crippen LogP contribution is 2.44. The minimum absolute atomic E-state index is 0.583. The lowest BCUT2D eigenvalue weighted by Gasteiger charge is -2.12. The van der Waals surface area contributed by atoms with Crippen LogP contribution in [0.1, 0.15) is 0 Å². The maximum atomic E-state index is 6.70. The minimum atomic E-state index is 0.583. The van der Waals surface area contributed by atoms with Crippen LogP contribution >= 0.6 is 0 Å². The van der Waals surface area contributed by atoms with E-state index in [1.54, 1.807) is 0 Å². The Labute approximate surface area is 322 Å². The number of hydrogen-bond donors (Lipinski definition) is 0. The highest BCUT2D eigenvalue weighted by molar-refractivity contribution is 6.26. The summed E-state index contributed by atoms with van der Waals surface area (Å²) in [6.45, 7) is 0.